The number of aliphatic hydroxyl groups is 2. The fourth-order valence-electron chi connectivity index (χ4n) is 9.48. The number of hydrogen-bond donors (Lipinski definition) is 3. The Morgan fingerprint density at radius 1 is 1.00 bits per heavy atom. The molecule has 0 spiro atoms. The van der Waals surface area contributed by atoms with Crippen LogP contribution >= 0.6 is 0 Å². The molecule has 0 aromatic heterocycles. The van der Waals surface area contributed by atoms with Crippen LogP contribution in [0, 0.1) is 52.3 Å². The molecule has 0 aromatic carbocycles. The zero-order valence-corrected chi connectivity index (χ0v) is 19.5. The highest BCUT2D eigenvalue weighted by Crippen LogP contribution is 2.69. The van der Waals surface area contributed by atoms with Crippen molar-refractivity contribution in [2.75, 3.05) is 0 Å². The van der Waals surface area contributed by atoms with E-state index in [1.807, 2.05) is 0 Å². The van der Waals surface area contributed by atoms with Crippen molar-refractivity contribution in [3.63, 3.8) is 0 Å². The van der Waals surface area contributed by atoms with Crippen LogP contribution in [0.1, 0.15) is 91.9 Å². The van der Waals surface area contributed by atoms with Crippen LogP contribution < -0.4 is 0 Å². The largest absolute Gasteiger partial charge is 0.481 e. The first kappa shape index (κ1) is 22.6. The van der Waals surface area contributed by atoms with E-state index in [4.69, 9.17) is 5.11 Å². The van der Waals surface area contributed by atoms with Crippen LogP contribution in [0.4, 0.5) is 0 Å². The van der Waals surface area contributed by atoms with E-state index in [2.05, 4.69) is 27.7 Å². The molecule has 0 aromatic rings. The van der Waals surface area contributed by atoms with Gasteiger partial charge in [0.15, 0.2) is 0 Å². The van der Waals surface area contributed by atoms with Crippen molar-refractivity contribution in [2.24, 2.45) is 52.3 Å². The van der Waals surface area contributed by atoms with Gasteiger partial charge in [0.1, 0.15) is 0 Å². The number of aliphatic hydroxyl groups excluding tert-OH is 2. The minimum Gasteiger partial charge on any atom is -0.481 e. The minimum atomic E-state index is -0.683. The van der Waals surface area contributed by atoms with Crippen LogP contribution in [-0.2, 0) is 4.79 Å². The van der Waals surface area contributed by atoms with Crippen molar-refractivity contribution < 1.29 is 20.1 Å². The van der Waals surface area contributed by atoms with Crippen molar-refractivity contribution in [1.29, 1.82) is 0 Å². The van der Waals surface area contributed by atoms with Gasteiger partial charge >= 0.3 is 5.97 Å². The molecule has 4 saturated carbocycles. The number of fused-ring (bicyclic) bond motifs is 5. The first-order valence-corrected chi connectivity index (χ1v) is 12.7. The standard InChI is InChI=1S/C26H44O4/c1-5-17-21-14-16(27)10-12-26(21,4)20-11-13-25(3)18(15(2)6-9-22(28)29)7-8-19(25)23(20)24(17)30/h15-21,23-24,27,30H,5-14H2,1-4H3,(H,28,29)/t15-,16+,17-,18-,19?,20?,21+,23?,24-,25-,26-/m1/s1. The van der Waals surface area contributed by atoms with Crippen LogP contribution in [0.25, 0.3) is 0 Å². The number of aliphatic carboxylic acids is 1. The van der Waals surface area contributed by atoms with Gasteiger partial charge in [0.2, 0.25) is 0 Å². The second kappa shape index (κ2) is 8.06. The van der Waals surface area contributed by atoms with Gasteiger partial charge in [-0.2, -0.15) is 0 Å². The predicted molar refractivity (Wildman–Crippen MR) is 118 cm³/mol. The maximum atomic E-state index is 11.7. The third kappa shape index (κ3) is 3.36. The lowest BCUT2D eigenvalue weighted by Gasteiger charge is -2.64. The zero-order chi connectivity index (χ0) is 21.8. The van der Waals surface area contributed by atoms with Crippen molar-refractivity contribution in [2.45, 2.75) is 104 Å². The SMILES string of the molecule is CC[C@H]1[C@@H](O)C2C3CC[C@H]([C@H](C)CCC(=O)O)[C@@]3(C)CCC2[C@@]2(C)CC[C@H](O)C[C@@H]12. The molecule has 0 bridgehead atoms. The Hall–Kier alpha value is -0.610. The van der Waals surface area contributed by atoms with Crippen LogP contribution in [0.3, 0.4) is 0 Å². The van der Waals surface area contributed by atoms with Gasteiger partial charge in [0.25, 0.3) is 0 Å². The summed E-state index contributed by atoms with van der Waals surface area (Å²) in [4.78, 5) is 11.1. The number of rotatable bonds is 5. The van der Waals surface area contributed by atoms with Crippen LogP contribution in [0.15, 0.2) is 0 Å². The summed E-state index contributed by atoms with van der Waals surface area (Å²) in [6, 6.07) is 0. The number of carboxylic acid groups (broad SMARTS) is 1. The van der Waals surface area contributed by atoms with Gasteiger partial charge in [-0.15, -0.1) is 0 Å². The van der Waals surface area contributed by atoms with Crippen LogP contribution in [0.2, 0.25) is 0 Å². The quantitative estimate of drug-likeness (QED) is 0.577. The molecule has 0 heterocycles. The summed E-state index contributed by atoms with van der Waals surface area (Å²) in [5, 5.41) is 31.3. The molecule has 0 aliphatic heterocycles. The smallest absolute Gasteiger partial charge is 0.303 e. The molecule has 3 unspecified atom stereocenters. The Labute approximate surface area is 182 Å². The van der Waals surface area contributed by atoms with E-state index in [-0.39, 0.29) is 29.5 Å². The van der Waals surface area contributed by atoms with Gasteiger partial charge in [-0.05, 0) is 104 Å². The van der Waals surface area contributed by atoms with Crippen molar-refractivity contribution in [3.8, 4) is 0 Å². The minimum absolute atomic E-state index is 0.194. The molecule has 172 valence electrons. The second-order valence-electron chi connectivity index (χ2n) is 12.0. The van der Waals surface area contributed by atoms with E-state index < -0.39 is 5.97 Å². The Bertz CT molecular complexity index is 649. The Morgan fingerprint density at radius 2 is 1.67 bits per heavy atom. The van der Waals surface area contributed by atoms with Crippen molar-refractivity contribution >= 4 is 5.97 Å². The molecule has 4 heteroatoms. The Kier molecular flexibility index (Phi) is 6.07. The monoisotopic (exact) mass is 420 g/mol. The molecule has 0 radical (unpaired) electrons. The Morgan fingerprint density at radius 3 is 2.33 bits per heavy atom. The summed E-state index contributed by atoms with van der Waals surface area (Å²) in [6.45, 7) is 9.44. The number of carboxylic acids is 1. The molecule has 4 rings (SSSR count). The van der Waals surface area contributed by atoms with Gasteiger partial charge in [-0.3, -0.25) is 4.79 Å². The molecular formula is C26H44O4. The van der Waals surface area contributed by atoms with Gasteiger partial charge in [-0.1, -0.05) is 34.1 Å². The average molecular weight is 421 g/mol. The van der Waals surface area contributed by atoms with Gasteiger partial charge in [0.05, 0.1) is 12.2 Å². The zero-order valence-electron chi connectivity index (χ0n) is 19.5. The van der Waals surface area contributed by atoms with Crippen LogP contribution in [0.5, 0.6) is 0 Å². The molecule has 4 aliphatic rings. The molecule has 4 nitrogen and oxygen atoms in total. The molecule has 0 amide bonds. The van der Waals surface area contributed by atoms with Crippen molar-refractivity contribution in [3.05, 3.63) is 0 Å². The maximum Gasteiger partial charge on any atom is 0.303 e. The summed E-state index contributed by atoms with van der Waals surface area (Å²) in [5.74, 6) is 2.58. The first-order chi connectivity index (χ1) is 14.1. The highest BCUT2D eigenvalue weighted by molar-refractivity contribution is 5.66. The maximum absolute atomic E-state index is 11.7. The van der Waals surface area contributed by atoms with Gasteiger partial charge in [0, 0.05) is 6.42 Å². The van der Waals surface area contributed by atoms with E-state index in [1.54, 1.807) is 0 Å². The van der Waals surface area contributed by atoms with Gasteiger partial charge in [-0.25, -0.2) is 0 Å². The normalized spacial score (nSPS) is 51.5. The molecule has 3 N–H and O–H groups in total. The topological polar surface area (TPSA) is 77.8 Å². The molecular weight excluding hydrogens is 376 g/mol. The summed E-state index contributed by atoms with van der Waals surface area (Å²) in [6.07, 6.45) is 9.27. The third-order valence-electron chi connectivity index (χ3n) is 11.0. The molecule has 11 atom stereocenters. The summed E-state index contributed by atoms with van der Waals surface area (Å²) in [7, 11) is 0. The lowest BCUT2D eigenvalue weighted by Crippen LogP contribution is -2.62. The third-order valence-corrected chi connectivity index (χ3v) is 11.0. The predicted octanol–water partition coefficient (Wildman–Crippen LogP) is 5.11. The van der Waals surface area contributed by atoms with E-state index in [9.17, 15) is 15.0 Å². The molecule has 4 fully saturated rings. The number of hydrogen-bond acceptors (Lipinski definition) is 3. The summed E-state index contributed by atoms with van der Waals surface area (Å²) >= 11 is 0. The highest BCUT2D eigenvalue weighted by Gasteiger charge is 2.64. The number of carbonyl (C=O) groups is 1. The van der Waals surface area contributed by atoms with E-state index >= 15 is 0 Å². The molecule has 30 heavy (non-hydrogen) atoms. The van der Waals surface area contributed by atoms with E-state index in [0.29, 0.717) is 41.4 Å². The van der Waals surface area contributed by atoms with E-state index in [1.165, 1.54) is 25.7 Å². The lowest BCUT2D eigenvalue weighted by molar-refractivity contribution is -0.203. The Balaban J connectivity index is 1.61. The first-order valence-electron chi connectivity index (χ1n) is 12.7. The second-order valence-corrected chi connectivity index (χ2v) is 12.0. The fraction of sp³-hybridized carbons (Fsp3) is 0.962. The van der Waals surface area contributed by atoms with Gasteiger partial charge < -0.3 is 15.3 Å². The molecule has 4 aliphatic carbocycles. The van der Waals surface area contributed by atoms with Crippen LogP contribution in [-0.4, -0.2) is 33.5 Å². The lowest BCUT2D eigenvalue weighted by atomic mass is 9.41. The van der Waals surface area contributed by atoms with Crippen molar-refractivity contribution in [1.82, 2.24) is 0 Å². The summed E-state index contributed by atoms with van der Waals surface area (Å²) < 4.78 is 0. The fourth-order valence-corrected chi connectivity index (χ4v) is 9.48. The summed E-state index contributed by atoms with van der Waals surface area (Å²) in [5.41, 5.74) is 0.480. The average Bonchev–Trinajstić information content (AvgIpc) is 3.05. The molecule has 0 saturated heterocycles. The van der Waals surface area contributed by atoms with E-state index in [0.717, 1.165) is 32.1 Å². The highest BCUT2D eigenvalue weighted by atomic mass is 16.4.